The van der Waals surface area contributed by atoms with Crippen molar-refractivity contribution in [3.63, 3.8) is 0 Å². The van der Waals surface area contributed by atoms with E-state index in [1.54, 1.807) is 20.8 Å². The second kappa shape index (κ2) is 30.4. The van der Waals surface area contributed by atoms with Gasteiger partial charge in [-0.2, -0.15) is 39.5 Å². The van der Waals surface area contributed by atoms with Crippen LogP contribution in [-0.2, 0) is 44.0 Å². The average molecular weight is 1490 g/mol. The van der Waals surface area contributed by atoms with Gasteiger partial charge in [0.05, 0.1) is 0 Å². The Hall–Kier alpha value is -10.7. The molecule has 106 heavy (non-hydrogen) atoms. The van der Waals surface area contributed by atoms with Crippen LogP contribution in [0.15, 0.2) is 243 Å². The SMILES string of the molecule is CC(=O)SCc1cccc(C#Cc2ccc([Si](c3ccc(C#Cc4cccc(CSC(C)=O)c4)cc3)(c3ccc(C#Cc4cccc(CSC(C)=O)c4)cc3)c3ccc(C#Cc4ccc5c(c4)/C(=C4/c6c(ccc7c(C(F)(F)C(F)(F)C(F)(F)C(F)(F)F)cccc67)CC4C)c4ccccc4-5)cc3)cc2)c1. The minimum Gasteiger partial charge on any atom is -0.288 e. The zero-order valence-corrected chi connectivity index (χ0v) is 60.8. The van der Waals surface area contributed by atoms with Gasteiger partial charge in [-0.15, -0.1) is 0 Å². The van der Waals surface area contributed by atoms with Crippen molar-refractivity contribution < 1.29 is 53.9 Å². The van der Waals surface area contributed by atoms with E-state index in [0.29, 0.717) is 57.6 Å². The summed E-state index contributed by atoms with van der Waals surface area (Å²) in [4.78, 5) is 35.4. The normalized spacial score (nSPS) is 13.9. The summed E-state index contributed by atoms with van der Waals surface area (Å²) in [7, 11) is -3.39. The van der Waals surface area contributed by atoms with Crippen molar-refractivity contribution in [2.75, 3.05) is 0 Å². The molecule has 0 saturated heterocycles. The molecule has 0 amide bonds. The number of carbonyl (C=O) groups excluding carboxylic acids is 3. The lowest BCUT2D eigenvalue weighted by molar-refractivity contribution is -0.399. The molecular weight excluding hydrogens is 1420 g/mol. The molecule has 11 aromatic rings. The number of hydrogen-bond donors (Lipinski definition) is 0. The van der Waals surface area contributed by atoms with Crippen molar-refractivity contribution in [3.05, 3.63) is 332 Å². The van der Waals surface area contributed by atoms with Gasteiger partial charge in [0.25, 0.3) is 0 Å². The van der Waals surface area contributed by atoms with Crippen LogP contribution in [0.1, 0.15) is 117 Å². The number of alkyl halides is 9. The number of carbonyl (C=O) groups is 3. The molecule has 0 radical (unpaired) electrons. The molecule has 11 aromatic carbocycles. The van der Waals surface area contributed by atoms with Crippen LogP contribution in [0.2, 0.25) is 0 Å². The summed E-state index contributed by atoms with van der Waals surface area (Å²) >= 11 is 3.73. The number of hydrogen-bond acceptors (Lipinski definition) is 6. The first-order valence-electron chi connectivity index (χ1n) is 33.7. The fourth-order valence-corrected chi connectivity index (χ4v) is 20.1. The standard InChI is InChI=1S/C90H61F9O3S3Si/c1-57-49-72-38-48-79-81(19-10-20-83(79)87(91,92)88(93,94)89(95,96)90(97,98)99)85(72)84(57)86-80-18-6-5-17-77(80)78-47-37-68(53-82(78)86)28-24-64-35-45-76(46-36-64)106(73-39-29-61(30-40-73)21-25-65-11-7-14-69(50-65)54-103-58(2)100,74-41-31-62(32-42-74)22-26-66-12-8-15-70(51-66)55-104-59(3)101)75-43-33-63(34-44-75)23-27-67-13-9-16-71(52-67)56-105-60(4)102/h5-20,29-48,50-53,57H,49,54-56H2,1-4H3/b86-84+. The van der Waals surface area contributed by atoms with E-state index in [1.165, 1.54) is 47.4 Å². The summed E-state index contributed by atoms with van der Waals surface area (Å²) in [6.07, 6.45) is -6.60. The van der Waals surface area contributed by atoms with Crippen LogP contribution in [0.3, 0.4) is 0 Å². The van der Waals surface area contributed by atoms with Gasteiger partial charge in [-0.05, 0) is 202 Å². The summed E-state index contributed by atoms with van der Waals surface area (Å²) < 4.78 is 131. The third-order valence-corrected chi connectivity index (χ3v) is 26.2. The van der Waals surface area contributed by atoms with Gasteiger partial charge >= 0.3 is 23.9 Å². The second-order valence-corrected chi connectivity index (χ2v) is 33.2. The van der Waals surface area contributed by atoms with Crippen molar-refractivity contribution in [2.45, 2.75) is 75.3 Å². The van der Waals surface area contributed by atoms with E-state index >= 15 is 17.6 Å². The quantitative estimate of drug-likeness (QED) is 0.0496. The summed E-state index contributed by atoms with van der Waals surface area (Å²) in [5.41, 5.74) is 13.1. The Kier molecular flexibility index (Phi) is 21.1. The number of thioether (sulfide) groups is 3. The molecule has 0 saturated carbocycles. The van der Waals surface area contributed by atoms with E-state index < -0.39 is 43.0 Å². The molecule has 1 atom stereocenters. The maximum atomic E-state index is 16.0. The van der Waals surface area contributed by atoms with Gasteiger partial charge in [0.15, 0.2) is 23.4 Å². The zero-order chi connectivity index (χ0) is 74.7. The zero-order valence-electron chi connectivity index (χ0n) is 57.4. The Morgan fingerprint density at radius 1 is 0.377 bits per heavy atom. The molecule has 0 fully saturated rings. The molecule has 0 aliphatic heterocycles. The summed E-state index contributed by atoms with van der Waals surface area (Å²) in [6.45, 7) is 6.58. The first-order chi connectivity index (χ1) is 50.8. The minimum atomic E-state index is -7.07. The number of benzene rings is 11. The number of allylic oxidation sites excluding steroid dienone is 1. The van der Waals surface area contributed by atoms with E-state index in [1.807, 2.05) is 171 Å². The fraction of sp³-hybridized carbons (Fsp3) is 0.144. The fourth-order valence-electron chi connectivity index (χ4n) is 13.8. The van der Waals surface area contributed by atoms with Gasteiger partial charge in [-0.25, -0.2) is 0 Å². The molecule has 0 heterocycles. The van der Waals surface area contributed by atoms with E-state index in [9.17, 15) is 36.3 Å². The third kappa shape index (κ3) is 15.0. The van der Waals surface area contributed by atoms with E-state index in [0.717, 1.165) is 111 Å². The molecule has 0 bridgehead atoms. The van der Waals surface area contributed by atoms with Crippen molar-refractivity contribution >= 4 is 101 Å². The van der Waals surface area contributed by atoms with Crippen LogP contribution in [0.5, 0.6) is 0 Å². The van der Waals surface area contributed by atoms with Crippen LogP contribution < -0.4 is 20.7 Å². The van der Waals surface area contributed by atoms with Crippen LogP contribution in [-0.4, -0.2) is 41.4 Å². The molecule has 2 aliphatic carbocycles. The van der Waals surface area contributed by atoms with E-state index in [4.69, 9.17) is 0 Å². The molecule has 2 aliphatic rings. The molecule has 0 spiro atoms. The van der Waals surface area contributed by atoms with Gasteiger partial charge < -0.3 is 0 Å². The average Bonchev–Trinajstić information content (AvgIpc) is 1.26. The highest BCUT2D eigenvalue weighted by Gasteiger charge is 2.82. The minimum absolute atomic E-state index is 0.00235. The van der Waals surface area contributed by atoms with E-state index in [2.05, 4.69) is 95.9 Å². The number of fused-ring (bicyclic) bond motifs is 6. The third-order valence-electron chi connectivity index (χ3n) is 18.7. The summed E-state index contributed by atoms with van der Waals surface area (Å²) in [5.74, 6) is 8.33. The molecule has 3 nitrogen and oxygen atoms in total. The first kappa shape index (κ1) is 73.6. The number of halogens is 9. The molecule has 13 rings (SSSR count). The molecular formula is C90H61F9O3S3Si. The Bertz CT molecular complexity index is 5330. The van der Waals surface area contributed by atoms with Gasteiger partial charge in [-0.3, -0.25) is 14.4 Å². The number of rotatable bonds is 13. The predicted molar refractivity (Wildman–Crippen MR) is 414 cm³/mol. The van der Waals surface area contributed by atoms with Crippen molar-refractivity contribution in [2.24, 2.45) is 5.92 Å². The van der Waals surface area contributed by atoms with Crippen LogP contribution in [0, 0.1) is 53.3 Å². The smallest absolute Gasteiger partial charge is 0.288 e. The molecule has 16 heteroatoms. The van der Waals surface area contributed by atoms with Gasteiger partial charge in [-0.1, -0.05) is 235 Å². The topological polar surface area (TPSA) is 51.2 Å². The Balaban J connectivity index is 0.912. The lowest BCUT2D eigenvalue weighted by Gasteiger charge is -2.34. The monoisotopic (exact) mass is 1480 g/mol. The van der Waals surface area contributed by atoms with Crippen LogP contribution >= 0.6 is 35.3 Å². The lowest BCUT2D eigenvalue weighted by Crippen LogP contribution is -2.74. The summed E-state index contributed by atoms with van der Waals surface area (Å²) in [5, 5.41) is 3.65. The van der Waals surface area contributed by atoms with Crippen LogP contribution in [0.25, 0.3) is 33.0 Å². The van der Waals surface area contributed by atoms with E-state index in [-0.39, 0.29) is 26.6 Å². The highest BCUT2D eigenvalue weighted by Crippen LogP contribution is 2.59. The first-order valence-corrected chi connectivity index (χ1v) is 38.7. The molecule has 0 N–H and O–H groups in total. The Morgan fingerprint density at radius 3 is 1.15 bits per heavy atom. The maximum absolute atomic E-state index is 16.0. The van der Waals surface area contributed by atoms with Gasteiger partial charge in [0.2, 0.25) is 0 Å². The highest BCUT2D eigenvalue weighted by molar-refractivity contribution is 8.13. The van der Waals surface area contributed by atoms with Crippen molar-refractivity contribution in [3.8, 4) is 58.5 Å². The lowest BCUT2D eigenvalue weighted by atomic mass is 9.86. The Morgan fingerprint density at radius 2 is 0.745 bits per heavy atom. The predicted octanol–water partition coefficient (Wildman–Crippen LogP) is 19.2. The van der Waals surface area contributed by atoms with Gasteiger partial charge in [0.1, 0.15) is 0 Å². The molecule has 0 aromatic heterocycles. The van der Waals surface area contributed by atoms with Crippen molar-refractivity contribution in [1.29, 1.82) is 0 Å². The van der Waals surface area contributed by atoms with Crippen LogP contribution in [0.4, 0.5) is 39.5 Å². The Labute approximate surface area is 622 Å². The van der Waals surface area contributed by atoms with Crippen molar-refractivity contribution in [1.82, 2.24) is 0 Å². The molecule has 1 unspecified atom stereocenters. The maximum Gasteiger partial charge on any atom is 0.460 e. The highest BCUT2D eigenvalue weighted by atomic mass is 32.2. The summed E-state index contributed by atoms with van der Waals surface area (Å²) in [6, 6.07) is 75.6. The molecule has 524 valence electrons. The van der Waals surface area contributed by atoms with Gasteiger partial charge in [0, 0.05) is 88.1 Å². The largest absolute Gasteiger partial charge is 0.460 e. The second-order valence-electron chi connectivity index (χ2n) is 25.9.